The van der Waals surface area contributed by atoms with Crippen LogP contribution in [0, 0.1) is 0 Å². The molecule has 3 N–H and O–H groups in total. The first-order chi connectivity index (χ1) is 11.2. The van der Waals surface area contributed by atoms with Crippen LogP contribution in [0.4, 0.5) is 0 Å². The third-order valence-corrected chi connectivity index (χ3v) is 3.58. The van der Waals surface area contributed by atoms with Crippen LogP contribution in [0.25, 0.3) is 22.8 Å². The lowest BCUT2D eigenvalue weighted by Gasteiger charge is -2.02. The van der Waals surface area contributed by atoms with Crippen molar-refractivity contribution in [2.24, 2.45) is 0 Å². The predicted molar refractivity (Wildman–Crippen MR) is 90.0 cm³/mol. The molecule has 0 amide bonds. The van der Waals surface area contributed by atoms with Crippen LogP contribution in [-0.2, 0) is 6.54 Å². The average Bonchev–Trinajstić information content (AvgIpc) is 3.06. The summed E-state index contributed by atoms with van der Waals surface area (Å²) in [7, 11) is 0.442. The fraction of sp³-hybridized carbons (Fsp3) is 0.118. The maximum absolute atomic E-state index is 9.11. The van der Waals surface area contributed by atoms with Gasteiger partial charge in [0.05, 0.1) is 6.20 Å². The molecule has 23 heavy (non-hydrogen) atoms. The van der Waals surface area contributed by atoms with Crippen LogP contribution < -0.4 is 10.8 Å². The highest BCUT2D eigenvalue weighted by atomic mass is 16.4. The molecule has 0 saturated heterocycles. The topological polar surface area (TPSA) is 78.5 Å². The Hall–Kier alpha value is -2.41. The van der Waals surface area contributed by atoms with Crippen molar-refractivity contribution in [3.63, 3.8) is 0 Å². The first kappa shape index (κ1) is 15.5. The number of hydrogen-bond acceptors (Lipinski definition) is 5. The lowest BCUT2D eigenvalue weighted by atomic mass is 9.80. The summed E-state index contributed by atoms with van der Waals surface area (Å²) in [6.45, 7) is 0.824. The van der Waals surface area contributed by atoms with Gasteiger partial charge in [-0.2, -0.15) is 0 Å². The maximum Gasteiger partial charge on any atom is 0.488 e. The molecule has 1 heterocycles. The van der Waals surface area contributed by atoms with E-state index in [-0.39, 0.29) is 0 Å². The number of nitrogens with zero attached hydrogens (tertiary/aromatic N) is 1. The SMILES string of the molecule is CNCc1ccc(-c2cnc(-c3ccc(B(O)O)cc3)o2)cc1. The van der Waals surface area contributed by atoms with Crippen LogP contribution >= 0.6 is 0 Å². The van der Waals surface area contributed by atoms with Crippen molar-refractivity contribution in [2.75, 3.05) is 7.05 Å². The van der Waals surface area contributed by atoms with E-state index in [0.717, 1.165) is 17.7 Å². The minimum Gasteiger partial charge on any atom is -0.436 e. The van der Waals surface area contributed by atoms with Crippen molar-refractivity contribution in [2.45, 2.75) is 6.54 Å². The summed E-state index contributed by atoms with van der Waals surface area (Å²) in [4.78, 5) is 4.29. The van der Waals surface area contributed by atoms with Gasteiger partial charge in [-0.15, -0.1) is 0 Å². The van der Waals surface area contributed by atoms with Crippen molar-refractivity contribution in [1.29, 1.82) is 0 Å². The van der Waals surface area contributed by atoms with Crippen molar-refractivity contribution in [1.82, 2.24) is 10.3 Å². The summed E-state index contributed by atoms with van der Waals surface area (Å²) in [5.74, 6) is 1.19. The molecule has 3 rings (SSSR count). The third-order valence-electron chi connectivity index (χ3n) is 3.58. The van der Waals surface area contributed by atoms with Crippen LogP contribution in [0.2, 0.25) is 0 Å². The van der Waals surface area contributed by atoms with Gasteiger partial charge in [0.25, 0.3) is 0 Å². The van der Waals surface area contributed by atoms with Crippen LogP contribution in [0.1, 0.15) is 5.56 Å². The van der Waals surface area contributed by atoms with Gasteiger partial charge in [-0.05, 0) is 30.2 Å². The molecular formula is C17H17BN2O3. The van der Waals surface area contributed by atoms with Gasteiger partial charge in [0, 0.05) is 17.7 Å². The molecule has 0 saturated carbocycles. The van der Waals surface area contributed by atoms with Gasteiger partial charge in [0.15, 0.2) is 5.76 Å². The molecule has 0 spiro atoms. The second kappa shape index (κ2) is 6.79. The molecule has 1 aromatic heterocycles. The summed E-state index contributed by atoms with van der Waals surface area (Å²) in [5.41, 5.74) is 3.38. The quantitative estimate of drug-likeness (QED) is 0.621. The molecule has 0 atom stereocenters. The maximum atomic E-state index is 9.11. The molecule has 5 nitrogen and oxygen atoms in total. The molecule has 3 aromatic rings. The normalized spacial score (nSPS) is 10.7. The molecule has 0 bridgehead atoms. The van der Waals surface area contributed by atoms with E-state index >= 15 is 0 Å². The van der Waals surface area contributed by atoms with E-state index in [0.29, 0.717) is 17.1 Å². The first-order valence-electron chi connectivity index (χ1n) is 7.33. The summed E-state index contributed by atoms with van der Waals surface area (Å²) >= 11 is 0. The molecular weight excluding hydrogens is 291 g/mol. The zero-order valence-electron chi connectivity index (χ0n) is 12.7. The van der Waals surface area contributed by atoms with Crippen LogP contribution in [0.3, 0.4) is 0 Å². The zero-order chi connectivity index (χ0) is 16.2. The van der Waals surface area contributed by atoms with E-state index in [1.165, 1.54) is 5.56 Å². The Balaban J connectivity index is 1.82. The summed E-state index contributed by atoms with van der Waals surface area (Å²) in [6.07, 6.45) is 1.69. The first-order valence-corrected chi connectivity index (χ1v) is 7.33. The number of nitrogens with one attached hydrogen (secondary N) is 1. The van der Waals surface area contributed by atoms with E-state index in [2.05, 4.69) is 10.3 Å². The fourth-order valence-electron chi connectivity index (χ4n) is 2.33. The smallest absolute Gasteiger partial charge is 0.436 e. The van der Waals surface area contributed by atoms with Crippen molar-refractivity contribution < 1.29 is 14.5 Å². The van der Waals surface area contributed by atoms with Crippen LogP contribution in [0.15, 0.2) is 59.1 Å². The minimum atomic E-state index is -1.47. The van der Waals surface area contributed by atoms with E-state index in [9.17, 15) is 0 Å². The van der Waals surface area contributed by atoms with E-state index < -0.39 is 7.12 Å². The highest BCUT2D eigenvalue weighted by Gasteiger charge is 2.12. The van der Waals surface area contributed by atoms with Gasteiger partial charge >= 0.3 is 7.12 Å². The van der Waals surface area contributed by atoms with Crippen LogP contribution in [0.5, 0.6) is 0 Å². The molecule has 0 unspecified atom stereocenters. The number of benzene rings is 2. The summed E-state index contributed by atoms with van der Waals surface area (Å²) < 4.78 is 5.80. The fourth-order valence-corrected chi connectivity index (χ4v) is 2.33. The van der Waals surface area contributed by atoms with Crippen molar-refractivity contribution in [3.8, 4) is 22.8 Å². The second-order valence-electron chi connectivity index (χ2n) is 5.25. The Bertz CT molecular complexity index is 767. The van der Waals surface area contributed by atoms with Crippen molar-refractivity contribution >= 4 is 12.6 Å². The molecule has 6 heteroatoms. The van der Waals surface area contributed by atoms with Crippen molar-refractivity contribution in [3.05, 3.63) is 60.3 Å². The molecule has 0 radical (unpaired) electrons. The molecule has 0 aliphatic carbocycles. The largest absolute Gasteiger partial charge is 0.488 e. The number of oxazole rings is 1. The number of rotatable bonds is 5. The Morgan fingerprint density at radius 1 is 1.00 bits per heavy atom. The highest BCUT2D eigenvalue weighted by Crippen LogP contribution is 2.25. The molecule has 0 aliphatic heterocycles. The zero-order valence-corrected chi connectivity index (χ0v) is 12.7. The standard InChI is InChI=1S/C17H17BN2O3/c1-19-10-12-2-4-13(5-3-12)16-11-20-17(23-16)14-6-8-15(9-7-14)18(21)22/h2-9,11,19,21-22H,10H2,1H3. The predicted octanol–water partition coefficient (Wildman–Crippen LogP) is 1.41. The lowest BCUT2D eigenvalue weighted by Crippen LogP contribution is -2.29. The molecule has 0 aliphatic rings. The van der Waals surface area contributed by atoms with Crippen LogP contribution in [-0.4, -0.2) is 29.2 Å². The van der Waals surface area contributed by atoms with Gasteiger partial charge in [0.2, 0.25) is 5.89 Å². The third kappa shape index (κ3) is 3.51. The number of aromatic nitrogens is 1. The number of hydrogen-bond donors (Lipinski definition) is 3. The monoisotopic (exact) mass is 308 g/mol. The molecule has 0 fully saturated rings. The Morgan fingerprint density at radius 2 is 1.65 bits per heavy atom. The van der Waals surface area contributed by atoms with Gasteiger partial charge in [-0.1, -0.05) is 36.4 Å². The van der Waals surface area contributed by atoms with E-state index in [4.69, 9.17) is 14.5 Å². The van der Waals surface area contributed by atoms with Gasteiger partial charge < -0.3 is 19.8 Å². The summed E-state index contributed by atoms with van der Waals surface area (Å²) in [5, 5.41) is 21.3. The molecule has 2 aromatic carbocycles. The minimum absolute atomic E-state index is 0.431. The Kier molecular flexibility index (Phi) is 4.57. The highest BCUT2D eigenvalue weighted by molar-refractivity contribution is 6.58. The molecule has 116 valence electrons. The van der Waals surface area contributed by atoms with Gasteiger partial charge in [0.1, 0.15) is 0 Å². The summed E-state index contributed by atoms with van der Waals surface area (Å²) in [6, 6.07) is 14.9. The average molecular weight is 308 g/mol. The van der Waals surface area contributed by atoms with E-state index in [1.54, 1.807) is 30.5 Å². The van der Waals surface area contributed by atoms with Gasteiger partial charge in [-0.3, -0.25) is 0 Å². The Morgan fingerprint density at radius 3 is 2.26 bits per heavy atom. The second-order valence-corrected chi connectivity index (χ2v) is 5.25. The van der Waals surface area contributed by atoms with Gasteiger partial charge in [-0.25, -0.2) is 4.98 Å². The Labute approximate surface area is 134 Å². The lowest BCUT2D eigenvalue weighted by molar-refractivity contribution is 0.426. The van der Waals surface area contributed by atoms with E-state index in [1.807, 2.05) is 31.3 Å².